The molecule has 1 aromatic heterocycles. The van der Waals surface area contributed by atoms with Gasteiger partial charge in [-0.15, -0.1) is 0 Å². The van der Waals surface area contributed by atoms with Crippen LogP contribution in [0.15, 0.2) is 40.9 Å². The van der Waals surface area contributed by atoms with E-state index in [4.69, 9.17) is 0 Å². The Labute approximate surface area is 125 Å². The van der Waals surface area contributed by atoms with Crippen LogP contribution < -0.4 is 5.32 Å². The van der Waals surface area contributed by atoms with E-state index in [1.165, 1.54) is 6.07 Å². The maximum absolute atomic E-state index is 11.0. The average Bonchev–Trinajstić information content (AvgIpc) is 2.39. The van der Waals surface area contributed by atoms with Gasteiger partial charge < -0.3 is 5.32 Å². The van der Waals surface area contributed by atoms with E-state index < -0.39 is 4.92 Å². The lowest BCUT2D eigenvalue weighted by molar-refractivity contribution is -0.384. The molecular formula is C14H14BrN3O2. The lowest BCUT2D eigenvalue weighted by atomic mass is 10.1. The Hall–Kier alpha value is -1.95. The molecule has 0 aliphatic heterocycles. The van der Waals surface area contributed by atoms with Gasteiger partial charge in [-0.2, -0.15) is 0 Å². The van der Waals surface area contributed by atoms with Crippen LogP contribution in [0.1, 0.15) is 24.2 Å². The molecule has 6 heteroatoms. The number of nitrogens with one attached hydrogen (secondary N) is 1. The van der Waals surface area contributed by atoms with Crippen LogP contribution in [0.5, 0.6) is 0 Å². The van der Waals surface area contributed by atoms with Crippen molar-refractivity contribution in [1.29, 1.82) is 0 Å². The predicted molar refractivity (Wildman–Crippen MR) is 81.8 cm³/mol. The number of benzene rings is 1. The SMILES string of the molecule is Cc1ccc([N+](=O)[O-])c(NC(C)c2ccc(Br)cc2)n1. The first-order valence-corrected chi connectivity index (χ1v) is 6.90. The van der Waals surface area contributed by atoms with Gasteiger partial charge in [0.05, 0.1) is 11.0 Å². The molecule has 1 atom stereocenters. The Balaban J connectivity index is 2.27. The van der Waals surface area contributed by atoms with Crippen LogP contribution in [0.3, 0.4) is 0 Å². The molecule has 0 bridgehead atoms. The van der Waals surface area contributed by atoms with Crippen molar-refractivity contribution in [2.45, 2.75) is 19.9 Å². The Morgan fingerprint density at radius 2 is 1.90 bits per heavy atom. The lowest BCUT2D eigenvalue weighted by Crippen LogP contribution is -2.10. The van der Waals surface area contributed by atoms with Gasteiger partial charge in [0.25, 0.3) is 0 Å². The van der Waals surface area contributed by atoms with Gasteiger partial charge in [0.2, 0.25) is 5.82 Å². The minimum Gasteiger partial charge on any atom is -0.358 e. The molecule has 20 heavy (non-hydrogen) atoms. The molecule has 5 nitrogen and oxygen atoms in total. The standard InChI is InChI=1S/C14H14BrN3O2/c1-9-3-8-13(18(19)20)14(16-9)17-10(2)11-4-6-12(15)7-5-11/h3-8,10H,1-2H3,(H,16,17). The number of halogens is 1. The minimum absolute atomic E-state index is 0.0143. The highest BCUT2D eigenvalue weighted by Gasteiger charge is 2.17. The lowest BCUT2D eigenvalue weighted by Gasteiger charge is -2.15. The fourth-order valence-electron chi connectivity index (χ4n) is 1.84. The molecule has 0 amide bonds. The molecule has 1 unspecified atom stereocenters. The van der Waals surface area contributed by atoms with Gasteiger partial charge >= 0.3 is 5.69 Å². The largest absolute Gasteiger partial charge is 0.358 e. The van der Waals surface area contributed by atoms with E-state index in [1.807, 2.05) is 31.2 Å². The molecule has 0 fully saturated rings. The van der Waals surface area contributed by atoms with Crippen molar-refractivity contribution in [3.63, 3.8) is 0 Å². The van der Waals surface area contributed by atoms with Gasteiger partial charge in [-0.1, -0.05) is 28.1 Å². The number of rotatable bonds is 4. The molecule has 1 N–H and O–H groups in total. The normalized spacial score (nSPS) is 11.9. The number of anilines is 1. The molecule has 2 aromatic rings. The fraction of sp³-hybridized carbons (Fsp3) is 0.214. The molecule has 0 aliphatic carbocycles. The zero-order valence-electron chi connectivity index (χ0n) is 11.1. The van der Waals surface area contributed by atoms with Crippen molar-refractivity contribution in [2.24, 2.45) is 0 Å². The topological polar surface area (TPSA) is 68.1 Å². The molecule has 1 aromatic carbocycles. The number of nitro groups is 1. The summed E-state index contributed by atoms with van der Waals surface area (Å²) >= 11 is 3.38. The van der Waals surface area contributed by atoms with Crippen molar-refractivity contribution in [3.05, 3.63) is 62.2 Å². The summed E-state index contributed by atoms with van der Waals surface area (Å²) in [4.78, 5) is 14.8. The Morgan fingerprint density at radius 3 is 2.50 bits per heavy atom. The maximum atomic E-state index is 11.0. The number of aromatic nitrogens is 1. The number of hydrogen-bond donors (Lipinski definition) is 1. The summed E-state index contributed by atoms with van der Waals surface area (Å²) in [5.41, 5.74) is 1.76. The zero-order chi connectivity index (χ0) is 14.7. The molecule has 0 saturated carbocycles. The van der Waals surface area contributed by atoms with Crippen LogP contribution in [-0.2, 0) is 0 Å². The summed E-state index contributed by atoms with van der Waals surface area (Å²) in [5, 5.41) is 14.1. The highest BCUT2D eigenvalue weighted by molar-refractivity contribution is 9.10. The van der Waals surface area contributed by atoms with E-state index in [2.05, 4.69) is 26.2 Å². The monoisotopic (exact) mass is 335 g/mol. The van der Waals surface area contributed by atoms with Crippen LogP contribution in [0.4, 0.5) is 11.5 Å². The van der Waals surface area contributed by atoms with Crippen molar-refractivity contribution in [1.82, 2.24) is 4.98 Å². The van der Waals surface area contributed by atoms with E-state index in [-0.39, 0.29) is 11.7 Å². The van der Waals surface area contributed by atoms with Crippen molar-refractivity contribution in [3.8, 4) is 0 Å². The van der Waals surface area contributed by atoms with Gasteiger partial charge in [-0.05, 0) is 37.6 Å². The quantitative estimate of drug-likeness (QED) is 0.670. The smallest absolute Gasteiger partial charge is 0.311 e. The second kappa shape index (κ2) is 6.00. The molecule has 1 heterocycles. The van der Waals surface area contributed by atoms with Crippen LogP contribution in [0, 0.1) is 17.0 Å². The third kappa shape index (κ3) is 3.33. The van der Waals surface area contributed by atoms with E-state index >= 15 is 0 Å². The zero-order valence-corrected chi connectivity index (χ0v) is 12.7. The van der Waals surface area contributed by atoms with Crippen LogP contribution in [-0.4, -0.2) is 9.91 Å². The van der Waals surface area contributed by atoms with Crippen molar-refractivity contribution < 1.29 is 4.92 Å². The molecule has 2 rings (SSSR count). The first-order valence-electron chi connectivity index (χ1n) is 6.11. The van der Waals surface area contributed by atoms with Crippen LogP contribution in [0.2, 0.25) is 0 Å². The van der Waals surface area contributed by atoms with Crippen LogP contribution >= 0.6 is 15.9 Å². The van der Waals surface area contributed by atoms with Gasteiger partial charge in [0.1, 0.15) is 0 Å². The van der Waals surface area contributed by atoms with Crippen LogP contribution in [0.25, 0.3) is 0 Å². The van der Waals surface area contributed by atoms with E-state index in [0.29, 0.717) is 5.82 Å². The van der Waals surface area contributed by atoms with Gasteiger partial charge in [-0.25, -0.2) is 4.98 Å². The second-order valence-corrected chi connectivity index (χ2v) is 5.41. The average molecular weight is 336 g/mol. The molecule has 0 spiro atoms. The maximum Gasteiger partial charge on any atom is 0.311 e. The first-order chi connectivity index (χ1) is 9.47. The summed E-state index contributed by atoms with van der Waals surface area (Å²) in [6, 6.07) is 10.8. The summed E-state index contributed by atoms with van der Waals surface area (Å²) in [5.74, 6) is 0.297. The minimum atomic E-state index is -0.428. The van der Waals surface area contributed by atoms with E-state index in [1.54, 1.807) is 13.0 Å². The summed E-state index contributed by atoms with van der Waals surface area (Å²) in [6.07, 6.45) is 0. The fourth-order valence-corrected chi connectivity index (χ4v) is 2.11. The number of hydrogen-bond acceptors (Lipinski definition) is 4. The molecule has 104 valence electrons. The summed E-state index contributed by atoms with van der Waals surface area (Å²) in [6.45, 7) is 3.75. The predicted octanol–water partition coefficient (Wildman–Crippen LogP) is 4.23. The van der Waals surface area contributed by atoms with E-state index in [9.17, 15) is 10.1 Å². The van der Waals surface area contributed by atoms with Crippen molar-refractivity contribution in [2.75, 3.05) is 5.32 Å². The Kier molecular flexibility index (Phi) is 4.34. The highest BCUT2D eigenvalue weighted by Crippen LogP contribution is 2.27. The number of nitrogens with zero attached hydrogens (tertiary/aromatic N) is 2. The molecular weight excluding hydrogens is 322 g/mol. The van der Waals surface area contributed by atoms with Gasteiger partial charge in [0, 0.05) is 16.2 Å². The molecule has 0 aliphatic rings. The molecule has 0 radical (unpaired) electrons. The summed E-state index contributed by atoms with van der Waals surface area (Å²) in [7, 11) is 0. The summed E-state index contributed by atoms with van der Waals surface area (Å²) < 4.78 is 0.994. The Bertz CT molecular complexity index is 629. The van der Waals surface area contributed by atoms with E-state index in [0.717, 1.165) is 15.7 Å². The van der Waals surface area contributed by atoms with Gasteiger partial charge in [-0.3, -0.25) is 10.1 Å². The van der Waals surface area contributed by atoms with Gasteiger partial charge in [0.15, 0.2) is 0 Å². The van der Waals surface area contributed by atoms with Crippen molar-refractivity contribution >= 4 is 27.4 Å². The molecule has 0 saturated heterocycles. The second-order valence-electron chi connectivity index (χ2n) is 4.50. The highest BCUT2D eigenvalue weighted by atomic mass is 79.9. The number of pyridine rings is 1. The third-order valence-electron chi connectivity index (χ3n) is 2.93. The number of aryl methyl sites for hydroxylation is 1. The Morgan fingerprint density at radius 1 is 1.25 bits per heavy atom. The third-order valence-corrected chi connectivity index (χ3v) is 3.46. The first kappa shape index (κ1) is 14.5.